The molecule has 0 radical (unpaired) electrons. The van der Waals surface area contributed by atoms with Crippen molar-refractivity contribution < 1.29 is 9.90 Å². The van der Waals surface area contributed by atoms with Crippen LogP contribution in [0.3, 0.4) is 0 Å². The van der Waals surface area contributed by atoms with Crippen molar-refractivity contribution in [1.29, 1.82) is 0 Å². The molecule has 4 heteroatoms. The first-order valence-corrected chi connectivity index (χ1v) is 7.31. The number of hydrogen-bond donors (Lipinski definition) is 1. The van der Waals surface area contributed by atoms with Crippen LogP contribution in [0.5, 0.6) is 0 Å². The van der Waals surface area contributed by atoms with Gasteiger partial charge in [-0.1, -0.05) is 36.4 Å². The average Bonchev–Trinajstić information content (AvgIpc) is 3.00. The third-order valence-corrected chi connectivity index (χ3v) is 4.11. The second kappa shape index (κ2) is 5.81. The fraction of sp³-hybridized carbons (Fsp3) is 0. The summed E-state index contributed by atoms with van der Waals surface area (Å²) in [6.07, 6.45) is 0. The molecule has 0 aliphatic rings. The van der Waals surface area contributed by atoms with E-state index in [9.17, 15) is 4.79 Å². The Kier molecular flexibility index (Phi) is 3.71. The molecule has 3 rings (SSSR count). The highest BCUT2D eigenvalue weighted by molar-refractivity contribution is 7.18. The van der Waals surface area contributed by atoms with Gasteiger partial charge in [-0.25, -0.2) is 4.79 Å². The van der Waals surface area contributed by atoms with Gasteiger partial charge in [0.15, 0.2) is 0 Å². The van der Waals surface area contributed by atoms with Crippen LogP contribution in [0, 0.1) is 0 Å². The van der Waals surface area contributed by atoms with E-state index in [2.05, 4.69) is 4.90 Å². The van der Waals surface area contributed by atoms with E-state index in [1.165, 1.54) is 11.3 Å². The van der Waals surface area contributed by atoms with E-state index in [0.29, 0.717) is 4.88 Å². The first-order valence-electron chi connectivity index (χ1n) is 6.49. The van der Waals surface area contributed by atoms with Gasteiger partial charge in [-0.15, -0.1) is 11.3 Å². The number of aromatic carboxylic acids is 1. The fourth-order valence-electron chi connectivity index (χ4n) is 2.12. The molecule has 0 fully saturated rings. The Hall–Kier alpha value is -2.59. The van der Waals surface area contributed by atoms with E-state index in [1.54, 1.807) is 6.07 Å². The number of carboxylic acids is 1. The smallest absolute Gasteiger partial charge is 0.345 e. The molecule has 0 amide bonds. The molecule has 0 bridgehead atoms. The number of carboxylic acid groups (broad SMARTS) is 1. The predicted octanol–water partition coefficient (Wildman–Crippen LogP) is 4.92. The number of para-hydroxylation sites is 2. The monoisotopic (exact) mass is 295 g/mol. The highest BCUT2D eigenvalue weighted by atomic mass is 32.1. The second-order valence-electron chi connectivity index (χ2n) is 4.45. The first-order chi connectivity index (χ1) is 10.3. The molecule has 0 aliphatic carbocycles. The van der Waals surface area contributed by atoms with Crippen molar-refractivity contribution in [2.45, 2.75) is 0 Å². The summed E-state index contributed by atoms with van der Waals surface area (Å²) in [7, 11) is 0. The molecule has 1 heterocycles. The molecule has 0 saturated carbocycles. The number of anilines is 3. The third kappa shape index (κ3) is 2.80. The topological polar surface area (TPSA) is 40.5 Å². The van der Waals surface area contributed by atoms with E-state index < -0.39 is 5.97 Å². The van der Waals surface area contributed by atoms with Crippen LogP contribution in [0.2, 0.25) is 0 Å². The summed E-state index contributed by atoms with van der Waals surface area (Å²) in [5.41, 5.74) is 2.00. The van der Waals surface area contributed by atoms with Crippen molar-refractivity contribution in [1.82, 2.24) is 0 Å². The zero-order valence-corrected chi connectivity index (χ0v) is 12.0. The number of thiophene rings is 1. The summed E-state index contributed by atoms with van der Waals surface area (Å²) >= 11 is 1.27. The minimum Gasteiger partial charge on any atom is -0.477 e. The Morgan fingerprint density at radius 1 is 0.810 bits per heavy atom. The zero-order valence-electron chi connectivity index (χ0n) is 11.1. The molecule has 21 heavy (non-hydrogen) atoms. The average molecular weight is 295 g/mol. The largest absolute Gasteiger partial charge is 0.477 e. The zero-order chi connectivity index (χ0) is 14.7. The van der Waals surface area contributed by atoms with Crippen molar-refractivity contribution in [2.24, 2.45) is 0 Å². The highest BCUT2D eigenvalue weighted by Crippen LogP contribution is 2.38. The maximum atomic E-state index is 11.1. The molecule has 0 atom stereocenters. The van der Waals surface area contributed by atoms with Gasteiger partial charge >= 0.3 is 5.97 Å². The van der Waals surface area contributed by atoms with Crippen LogP contribution < -0.4 is 4.90 Å². The summed E-state index contributed by atoms with van der Waals surface area (Å²) in [6, 6.07) is 23.3. The van der Waals surface area contributed by atoms with E-state index in [1.807, 2.05) is 66.7 Å². The molecule has 104 valence electrons. The van der Waals surface area contributed by atoms with Crippen molar-refractivity contribution in [3.05, 3.63) is 77.7 Å². The normalized spacial score (nSPS) is 10.3. The standard InChI is InChI=1S/C17H13NO2S/c19-17(20)15-11-12-16(21-15)18(13-7-3-1-4-8-13)14-9-5-2-6-10-14/h1-12H,(H,19,20). The molecule has 0 aliphatic heterocycles. The van der Waals surface area contributed by atoms with Gasteiger partial charge in [-0.3, -0.25) is 0 Å². The number of rotatable bonds is 4. The van der Waals surface area contributed by atoms with Gasteiger partial charge in [0.2, 0.25) is 0 Å². The van der Waals surface area contributed by atoms with E-state index in [-0.39, 0.29) is 0 Å². The Balaban J connectivity index is 2.10. The molecule has 0 saturated heterocycles. The number of nitrogens with zero attached hydrogens (tertiary/aromatic N) is 1. The molecule has 1 aromatic heterocycles. The van der Waals surface area contributed by atoms with Crippen LogP contribution in [-0.2, 0) is 0 Å². The lowest BCUT2D eigenvalue weighted by atomic mass is 10.2. The molecular formula is C17H13NO2S. The summed E-state index contributed by atoms with van der Waals surface area (Å²) in [5, 5.41) is 9.99. The Bertz CT molecular complexity index is 698. The lowest BCUT2D eigenvalue weighted by Crippen LogP contribution is -2.07. The van der Waals surface area contributed by atoms with Gasteiger partial charge in [0.1, 0.15) is 9.88 Å². The third-order valence-electron chi connectivity index (χ3n) is 3.05. The summed E-state index contributed by atoms with van der Waals surface area (Å²) in [5.74, 6) is -0.896. The first kappa shape index (κ1) is 13.4. The minimum absolute atomic E-state index is 0.335. The Labute approximate surface area is 126 Å². The van der Waals surface area contributed by atoms with Gasteiger partial charge < -0.3 is 10.0 Å². The lowest BCUT2D eigenvalue weighted by molar-refractivity contribution is 0.0702. The van der Waals surface area contributed by atoms with Crippen LogP contribution in [0.4, 0.5) is 16.4 Å². The van der Waals surface area contributed by atoms with Crippen LogP contribution in [0.15, 0.2) is 72.8 Å². The lowest BCUT2D eigenvalue weighted by Gasteiger charge is -2.23. The van der Waals surface area contributed by atoms with Gasteiger partial charge in [-0.2, -0.15) is 0 Å². The second-order valence-corrected chi connectivity index (χ2v) is 5.51. The van der Waals surface area contributed by atoms with Crippen LogP contribution >= 0.6 is 11.3 Å². The van der Waals surface area contributed by atoms with Crippen molar-refractivity contribution in [2.75, 3.05) is 4.90 Å². The highest BCUT2D eigenvalue weighted by Gasteiger charge is 2.15. The Morgan fingerprint density at radius 3 is 1.76 bits per heavy atom. The summed E-state index contributed by atoms with van der Waals surface area (Å²) in [4.78, 5) is 13.5. The summed E-state index contributed by atoms with van der Waals surface area (Å²) in [6.45, 7) is 0. The minimum atomic E-state index is -0.896. The molecule has 3 nitrogen and oxygen atoms in total. The van der Waals surface area contributed by atoms with Gasteiger partial charge in [0, 0.05) is 11.4 Å². The van der Waals surface area contributed by atoms with Crippen LogP contribution in [0.25, 0.3) is 0 Å². The predicted molar refractivity (Wildman–Crippen MR) is 86.0 cm³/mol. The molecule has 2 aromatic carbocycles. The molecule has 3 aromatic rings. The Morgan fingerprint density at radius 2 is 1.33 bits per heavy atom. The van der Waals surface area contributed by atoms with Crippen molar-refractivity contribution in [3.63, 3.8) is 0 Å². The van der Waals surface area contributed by atoms with Gasteiger partial charge in [-0.05, 0) is 36.4 Å². The van der Waals surface area contributed by atoms with Gasteiger partial charge in [0.05, 0.1) is 0 Å². The van der Waals surface area contributed by atoms with E-state index in [4.69, 9.17) is 5.11 Å². The van der Waals surface area contributed by atoms with Gasteiger partial charge in [0.25, 0.3) is 0 Å². The molecule has 0 unspecified atom stereocenters. The number of carbonyl (C=O) groups is 1. The van der Waals surface area contributed by atoms with Crippen molar-refractivity contribution in [3.8, 4) is 0 Å². The van der Waals surface area contributed by atoms with E-state index >= 15 is 0 Å². The SMILES string of the molecule is O=C(O)c1ccc(N(c2ccccc2)c2ccccc2)s1. The van der Waals surface area contributed by atoms with E-state index in [0.717, 1.165) is 16.4 Å². The van der Waals surface area contributed by atoms with Crippen LogP contribution in [-0.4, -0.2) is 11.1 Å². The fourth-order valence-corrected chi connectivity index (χ4v) is 3.01. The number of hydrogen-bond acceptors (Lipinski definition) is 3. The number of benzene rings is 2. The quantitative estimate of drug-likeness (QED) is 0.743. The molecular weight excluding hydrogens is 282 g/mol. The molecule has 1 N–H and O–H groups in total. The maximum absolute atomic E-state index is 11.1. The maximum Gasteiger partial charge on any atom is 0.345 e. The van der Waals surface area contributed by atoms with Crippen molar-refractivity contribution >= 4 is 33.7 Å². The molecule has 0 spiro atoms. The van der Waals surface area contributed by atoms with Crippen LogP contribution in [0.1, 0.15) is 9.67 Å². The summed E-state index contributed by atoms with van der Waals surface area (Å²) < 4.78 is 0.